The zero-order valence-corrected chi connectivity index (χ0v) is 11.2. The largest absolute Gasteiger partial charge is 0.478 e. The highest BCUT2D eigenvalue weighted by molar-refractivity contribution is 5.92. The number of carboxylic acid groups (broad SMARTS) is 1. The van der Waals surface area contributed by atoms with Crippen LogP contribution >= 0.6 is 0 Å². The number of carboxylic acids is 1. The van der Waals surface area contributed by atoms with Crippen LogP contribution in [0.4, 0.5) is 0 Å². The highest BCUT2D eigenvalue weighted by atomic mass is 16.6. The molecule has 5 aliphatic rings. The lowest BCUT2D eigenvalue weighted by Gasteiger charge is -2.45. The SMILES string of the molecule is C[C@@]12C[C@@H]1[C@@H]1C=C(C(=O)O)[C@H]3COC(=O)[C@]4(CO4)[C@]31C2. The Morgan fingerprint density at radius 2 is 2.25 bits per heavy atom. The van der Waals surface area contributed by atoms with Gasteiger partial charge in [0.25, 0.3) is 0 Å². The summed E-state index contributed by atoms with van der Waals surface area (Å²) >= 11 is 0. The highest BCUT2D eigenvalue weighted by Gasteiger charge is 2.84. The van der Waals surface area contributed by atoms with E-state index in [-0.39, 0.29) is 35.2 Å². The fraction of sp³-hybridized carbons (Fsp3) is 0.733. The van der Waals surface area contributed by atoms with Crippen LogP contribution in [0.1, 0.15) is 19.8 Å². The van der Waals surface area contributed by atoms with Gasteiger partial charge in [0.05, 0.1) is 13.2 Å². The summed E-state index contributed by atoms with van der Waals surface area (Å²) in [4.78, 5) is 23.8. The number of aliphatic carboxylic acids is 1. The molecule has 0 bridgehead atoms. The molecule has 1 N–H and O–H groups in total. The molecule has 3 aliphatic carbocycles. The molecule has 5 nitrogen and oxygen atoms in total. The number of carbonyl (C=O) groups is 2. The predicted molar refractivity (Wildman–Crippen MR) is 65.6 cm³/mol. The first-order chi connectivity index (χ1) is 9.45. The first-order valence-corrected chi connectivity index (χ1v) is 7.21. The van der Waals surface area contributed by atoms with Gasteiger partial charge in [0.2, 0.25) is 0 Å². The topological polar surface area (TPSA) is 76.1 Å². The molecule has 2 aliphatic heterocycles. The normalized spacial score (nSPS) is 57.5. The van der Waals surface area contributed by atoms with Gasteiger partial charge in [0.15, 0.2) is 5.60 Å². The Hall–Kier alpha value is -1.36. The molecular weight excluding hydrogens is 260 g/mol. The number of fused-ring (bicyclic) bond motifs is 2. The molecule has 0 radical (unpaired) electrons. The lowest BCUT2D eigenvalue weighted by Crippen LogP contribution is -2.57. The number of rotatable bonds is 1. The van der Waals surface area contributed by atoms with E-state index in [1.807, 2.05) is 6.08 Å². The number of carbonyl (C=O) groups excluding carboxylic acids is 1. The van der Waals surface area contributed by atoms with Crippen molar-refractivity contribution in [3.63, 3.8) is 0 Å². The minimum absolute atomic E-state index is 0.166. The minimum Gasteiger partial charge on any atom is -0.478 e. The molecule has 0 amide bonds. The average Bonchev–Trinajstić information content (AvgIpc) is 3.24. The predicted octanol–water partition coefficient (Wildman–Crippen LogP) is 0.985. The van der Waals surface area contributed by atoms with Crippen molar-refractivity contribution in [1.82, 2.24) is 0 Å². The molecule has 0 aromatic rings. The molecule has 20 heavy (non-hydrogen) atoms. The Morgan fingerprint density at radius 3 is 2.90 bits per heavy atom. The van der Waals surface area contributed by atoms with Crippen LogP contribution < -0.4 is 0 Å². The van der Waals surface area contributed by atoms with Gasteiger partial charge in [-0.05, 0) is 30.1 Å². The van der Waals surface area contributed by atoms with Crippen molar-refractivity contribution in [3.05, 3.63) is 11.6 Å². The van der Waals surface area contributed by atoms with E-state index in [1.54, 1.807) is 0 Å². The summed E-state index contributed by atoms with van der Waals surface area (Å²) in [6.45, 7) is 2.84. The summed E-state index contributed by atoms with van der Waals surface area (Å²) in [5.74, 6) is -0.675. The molecule has 106 valence electrons. The smallest absolute Gasteiger partial charge is 0.341 e. The quantitative estimate of drug-likeness (QED) is 0.571. The van der Waals surface area contributed by atoms with Crippen LogP contribution in [0.5, 0.6) is 0 Å². The Balaban J connectivity index is 1.71. The van der Waals surface area contributed by atoms with Crippen LogP contribution in [0.2, 0.25) is 0 Å². The number of cyclic esters (lactones) is 1. The van der Waals surface area contributed by atoms with Gasteiger partial charge < -0.3 is 14.6 Å². The van der Waals surface area contributed by atoms with E-state index in [9.17, 15) is 14.7 Å². The van der Waals surface area contributed by atoms with Crippen LogP contribution in [0, 0.1) is 28.6 Å². The molecule has 6 atom stereocenters. The number of esters is 1. The van der Waals surface area contributed by atoms with Crippen molar-refractivity contribution in [1.29, 1.82) is 0 Å². The minimum atomic E-state index is -0.875. The fourth-order valence-electron chi connectivity index (χ4n) is 5.64. The Morgan fingerprint density at radius 1 is 1.50 bits per heavy atom. The molecule has 2 spiro atoms. The Bertz CT molecular complexity index is 603. The summed E-state index contributed by atoms with van der Waals surface area (Å²) in [7, 11) is 0. The van der Waals surface area contributed by atoms with E-state index >= 15 is 0 Å². The van der Waals surface area contributed by atoms with Crippen LogP contribution in [-0.2, 0) is 19.1 Å². The summed E-state index contributed by atoms with van der Waals surface area (Å²) < 4.78 is 10.9. The summed E-state index contributed by atoms with van der Waals surface area (Å²) in [6.07, 6.45) is 3.95. The van der Waals surface area contributed by atoms with E-state index in [4.69, 9.17) is 9.47 Å². The van der Waals surface area contributed by atoms with Crippen LogP contribution in [0.3, 0.4) is 0 Å². The van der Waals surface area contributed by atoms with Crippen molar-refractivity contribution in [2.45, 2.75) is 25.4 Å². The third-order valence-corrected chi connectivity index (χ3v) is 6.64. The molecule has 5 rings (SSSR count). The summed E-state index contributed by atoms with van der Waals surface area (Å²) in [5, 5.41) is 9.47. The third-order valence-electron chi connectivity index (χ3n) is 6.64. The molecular formula is C15H16O5. The van der Waals surface area contributed by atoms with Gasteiger partial charge in [-0.25, -0.2) is 9.59 Å². The number of epoxide rings is 1. The van der Waals surface area contributed by atoms with E-state index in [0.717, 1.165) is 12.8 Å². The molecule has 0 aromatic carbocycles. The lowest BCUT2D eigenvalue weighted by molar-refractivity contribution is -0.175. The number of hydrogen-bond acceptors (Lipinski definition) is 4. The number of hydrogen-bond donors (Lipinski definition) is 1. The van der Waals surface area contributed by atoms with Gasteiger partial charge in [-0.15, -0.1) is 0 Å². The average molecular weight is 276 g/mol. The van der Waals surface area contributed by atoms with E-state index in [0.29, 0.717) is 18.1 Å². The van der Waals surface area contributed by atoms with Gasteiger partial charge >= 0.3 is 11.9 Å². The Labute approximate surface area is 115 Å². The Kier molecular flexibility index (Phi) is 1.59. The van der Waals surface area contributed by atoms with Gasteiger partial charge in [0.1, 0.15) is 0 Å². The van der Waals surface area contributed by atoms with Crippen molar-refractivity contribution in [2.24, 2.45) is 28.6 Å². The summed E-state index contributed by atoms with van der Waals surface area (Å²) in [6, 6.07) is 0. The maximum atomic E-state index is 12.2. The highest BCUT2D eigenvalue weighted by Crippen LogP contribution is 2.81. The van der Waals surface area contributed by atoms with Crippen LogP contribution in [0.15, 0.2) is 11.6 Å². The molecule has 2 saturated carbocycles. The monoisotopic (exact) mass is 276 g/mol. The maximum Gasteiger partial charge on any atom is 0.341 e. The molecule has 0 aromatic heterocycles. The van der Waals surface area contributed by atoms with Crippen molar-refractivity contribution in [3.8, 4) is 0 Å². The van der Waals surface area contributed by atoms with Crippen molar-refractivity contribution < 1.29 is 24.2 Å². The molecule has 5 heteroatoms. The molecule has 2 heterocycles. The zero-order chi connectivity index (χ0) is 13.9. The van der Waals surface area contributed by atoms with E-state index < -0.39 is 11.6 Å². The first-order valence-electron chi connectivity index (χ1n) is 7.21. The van der Waals surface area contributed by atoms with Crippen LogP contribution in [0.25, 0.3) is 0 Å². The van der Waals surface area contributed by atoms with Gasteiger partial charge in [-0.3, -0.25) is 0 Å². The van der Waals surface area contributed by atoms with Gasteiger partial charge in [0, 0.05) is 16.9 Å². The first kappa shape index (κ1) is 11.3. The summed E-state index contributed by atoms with van der Waals surface area (Å²) in [5.41, 5.74) is -0.510. The van der Waals surface area contributed by atoms with E-state index in [2.05, 4.69) is 6.92 Å². The van der Waals surface area contributed by atoms with Gasteiger partial charge in [-0.2, -0.15) is 0 Å². The zero-order valence-electron chi connectivity index (χ0n) is 11.2. The van der Waals surface area contributed by atoms with Crippen LogP contribution in [-0.4, -0.2) is 35.9 Å². The van der Waals surface area contributed by atoms with Crippen molar-refractivity contribution >= 4 is 11.9 Å². The second-order valence-electron chi connectivity index (χ2n) is 7.40. The number of ether oxygens (including phenoxy) is 2. The molecule has 0 unspecified atom stereocenters. The van der Waals surface area contributed by atoms with E-state index in [1.165, 1.54) is 0 Å². The van der Waals surface area contributed by atoms with Gasteiger partial charge in [-0.1, -0.05) is 13.0 Å². The standard InChI is InChI=1S/C15H16O5/c1-13-3-9(13)8-2-7(11(16)17)10-4-19-12(18)15(6-20-15)14(8,10)5-13/h2,8-10H,3-6H2,1H3,(H,16,17)/t8-,9+,10+,13-,14-,15+/m0/s1. The fourth-order valence-corrected chi connectivity index (χ4v) is 5.64. The number of allylic oxidation sites excluding steroid dienone is 1. The lowest BCUT2D eigenvalue weighted by atomic mass is 9.59. The molecule has 4 fully saturated rings. The molecule has 2 saturated heterocycles. The maximum absolute atomic E-state index is 12.2. The second kappa shape index (κ2) is 2.82. The van der Waals surface area contributed by atoms with Crippen molar-refractivity contribution in [2.75, 3.05) is 13.2 Å². The third kappa shape index (κ3) is 0.917. The second-order valence-corrected chi connectivity index (χ2v) is 7.40.